The second-order valence-electron chi connectivity index (χ2n) is 6.19. The minimum atomic E-state index is -0.0649. The highest BCUT2D eigenvalue weighted by Gasteiger charge is 2.18. The summed E-state index contributed by atoms with van der Waals surface area (Å²) < 4.78 is 1.85. The maximum atomic E-state index is 11.9. The number of amides is 1. The molecule has 5 nitrogen and oxygen atoms in total. The van der Waals surface area contributed by atoms with Crippen molar-refractivity contribution in [3.63, 3.8) is 0 Å². The van der Waals surface area contributed by atoms with Crippen LogP contribution in [-0.4, -0.2) is 33.9 Å². The fourth-order valence-corrected chi connectivity index (χ4v) is 2.24. The second-order valence-corrected chi connectivity index (χ2v) is 6.19. The molecule has 0 aromatic carbocycles. The zero-order chi connectivity index (χ0) is 15.3. The molecule has 1 heterocycles. The van der Waals surface area contributed by atoms with Crippen LogP contribution in [0.5, 0.6) is 0 Å². The summed E-state index contributed by atoms with van der Waals surface area (Å²) in [4.78, 5) is 11.9. The number of aromatic nitrogens is 2. The van der Waals surface area contributed by atoms with E-state index in [4.69, 9.17) is 5.11 Å². The molecule has 0 fully saturated rings. The fraction of sp³-hybridized carbons (Fsp3) is 0.733. The molecular weight excluding hydrogens is 254 g/mol. The van der Waals surface area contributed by atoms with E-state index in [2.05, 4.69) is 10.4 Å². The average molecular weight is 281 g/mol. The number of nitrogens with one attached hydrogen (secondary N) is 1. The molecule has 0 bridgehead atoms. The van der Waals surface area contributed by atoms with E-state index in [1.807, 2.05) is 39.4 Å². The van der Waals surface area contributed by atoms with Crippen molar-refractivity contribution in [2.75, 3.05) is 13.2 Å². The van der Waals surface area contributed by atoms with Gasteiger partial charge in [0.1, 0.15) is 0 Å². The molecule has 114 valence electrons. The number of carbonyl (C=O) groups is 1. The molecule has 1 amide bonds. The third-order valence-corrected chi connectivity index (χ3v) is 3.81. The van der Waals surface area contributed by atoms with Crippen LogP contribution in [0.3, 0.4) is 0 Å². The van der Waals surface area contributed by atoms with Gasteiger partial charge in [-0.2, -0.15) is 5.10 Å². The Bertz CT molecular complexity index is 464. The fourth-order valence-electron chi connectivity index (χ4n) is 2.24. The van der Waals surface area contributed by atoms with Crippen LogP contribution >= 0.6 is 0 Å². The van der Waals surface area contributed by atoms with Gasteiger partial charge in [0.05, 0.1) is 5.69 Å². The molecule has 0 aliphatic rings. The molecule has 0 aliphatic carbocycles. The van der Waals surface area contributed by atoms with E-state index in [1.54, 1.807) is 0 Å². The molecule has 2 N–H and O–H groups in total. The molecule has 1 rings (SSSR count). The zero-order valence-electron chi connectivity index (χ0n) is 13.3. The molecule has 0 spiro atoms. The third kappa shape index (κ3) is 4.63. The highest BCUT2D eigenvalue weighted by molar-refractivity contribution is 5.76. The summed E-state index contributed by atoms with van der Waals surface area (Å²) in [7, 11) is 1.92. The van der Waals surface area contributed by atoms with Gasteiger partial charge >= 0.3 is 0 Å². The van der Waals surface area contributed by atoms with E-state index < -0.39 is 0 Å². The van der Waals surface area contributed by atoms with Crippen molar-refractivity contribution in [2.45, 2.75) is 47.0 Å². The van der Waals surface area contributed by atoms with Crippen molar-refractivity contribution >= 4 is 5.91 Å². The number of aryl methyl sites for hydroxylation is 2. The van der Waals surface area contributed by atoms with E-state index >= 15 is 0 Å². The van der Waals surface area contributed by atoms with E-state index in [-0.39, 0.29) is 17.9 Å². The van der Waals surface area contributed by atoms with Crippen molar-refractivity contribution < 1.29 is 9.90 Å². The van der Waals surface area contributed by atoms with Crippen molar-refractivity contribution in [2.24, 2.45) is 12.5 Å². The van der Waals surface area contributed by atoms with Crippen molar-refractivity contribution in [1.29, 1.82) is 0 Å². The van der Waals surface area contributed by atoms with Gasteiger partial charge in [-0.25, -0.2) is 0 Å². The number of carbonyl (C=O) groups excluding carboxylic acids is 1. The Balaban J connectivity index is 2.44. The SMILES string of the molecule is Cc1nn(C)c(C)c1CCC(=O)NCC(C)(C)CCO. The minimum Gasteiger partial charge on any atom is -0.396 e. The summed E-state index contributed by atoms with van der Waals surface area (Å²) >= 11 is 0. The summed E-state index contributed by atoms with van der Waals surface area (Å²) in [6, 6.07) is 0. The number of hydrogen-bond donors (Lipinski definition) is 2. The molecule has 0 unspecified atom stereocenters. The topological polar surface area (TPSA) is 67.2 Å². The lowest BCUT2D eigenvalue weighted by Crippen LogP contribution is -2.34. The Morgan fingerprint density at radius 2 is 2.05 bits per heavy atom. The van der Waals surface area contributed by atoms with Crippen molar-refractivity contribution in [1.82, 2.24) is 15.1 Å². The highest BCUT2D eigenvalue weighted by atomic mass is 16.3. The quantitative estimate of drug-likeness (QED) is 0.796. The van der Waals surface area contributed by atoms with Crippen molar-refractivity contribution in [3.05, 3.63) is 17.0 Å². The minimum absolute atomic E-state index is 0.0543. The van der Waals surface area contributed by atoms with E-state index in [9.17, 15) is 4.79 Å². The molecule has 0 radical (unpaired) electrons. The second kappa shape index (κ2) is 6.88. The molecule has 5 heteroatoms. The largest absolute Gasteiger partial charge is 0.396 e. The Morgan fingerprint density at radius 3 is 2.55 bits per heavy atom. The molecule has 0 saturated heterocycles. The Kier molecular flexibility index (Phi) is 5.74. The summed E-state index contributed by atoms with van der Waals surface area (Å²) in [5.41, 5.74) is 3.22. The first-order valence-corrected chi connectivity index (χ1v) is 7.13. The van der Waals surface area contributed by atoms with E-state index in [0.29, 0.717) is 19.4 Å². The zero-order valence-corrected chi connectivity index (χ0v) is 13.3. The van der Waals surface area contributed by atoms with Gasteiger partial charge in [-0.05, 0) is 37.7 Å². The lowest BCUT2D eigenvalue weighted by atomic mass is 9.89. The number of rotatable bonds is 7. The normalized spacial score (nSPS) is 11.7. The van der Waals surface area contributed by atoms with Crippen LogP contribution in [-0.2, 0) is 18.3 Å². The first kappa shape index (κ1) is 16.7. The monoisotopic (exact) mass is 281 g/mol. The van der Waals surface area contributed by atoms with Gasteiger partial charge in [0, 0.05) is 32.3 Å². The lowest BCUT2D eigenvalue weighted by Gasteiger charge is -2.23. The van der Waals surface area contributed by atoms with Gasteiger partial charge in [0.25, 0.3) is 0 Å². The maximum Gasteiger partial charge on any atom is 0.220 e. The van der Waals surface area contributed by atoms with E-state index in [0.717, 1.165) is 23.4 Å². The standard InChI is InChI=1S/C15H27N3O2/c1-11-13(12(2)18(5)17-11)6-7-14(20)16-10-15(3,4)8-9-19/h19H,6-10H2,1-5H3,(H,16,20). The molecule has 1 aromatic rings. The number of hydrogen-bond acceptors (Lipinski definition) is 3. The summed E-state index contributed by atoms with van der Waals surface area (Å²) in [5.74, 6) is 0.0543. The first-order chi connectivity index (χ1) is 9.26. The Hall–Kier alpha value is -1.36. The van der Waals surface area contributed by atoms with Gasteiger partial charge in [0.2, 0.25) is 5.91 Å². The van der Waals surface area contributed by atoms with Gasteiger partial charge in [0.15, 0.2) is 0 Å². The van der Waals surface area contributed by atoms with Crippen LogP contribution in [0, 0.1) is 19.3 Å². The van der Waals surface area contributed by atoms with Crippen LogP contribution < -0.4 is 5.32 Å². The molecule has 1 aromatic heterocycles. The predicted molar refractivity (Wildman–Crippen MR) is 79.5 cm³/mol. The van der Waals surface area contributed by atoms with Crippen LogP contribution in [0.4, 0.5) is 0 Å². The average Bonchev–Trinajstić information content (AvgIpc) is 2.59. The number of aliphatic hydroxyl groups is 1. The van der Waals surface area contributed by atoms with Gasteiger partial charge < -0.3 is 10.4 Å². The van der Waals surface area contributed by atoms with Crippen LogP contribution in [0.25, 0.3) is 0 Å². The van der Waals surface area contributed by atoms with Gasteiger partial charge in [-0.3, -0.25) is 9.48 Å². The molecular formula is C15H27N3O2. The molecule has 0 aliphatic heterocycles. The lowest BCUT2D eigenvalue weighted by molar-refractivity contribution is -0.121. The first-order valence-electron chi connectivity index (χ1n) is 7.13. The summed E-state index contributed by atoms with van der Waals surface area (Å²) in [5, 5.41) is 16.3. The van der Waals surface area contributed by atoms with Crippen molar-refractivity contribution in [3.8, 4) is 0 Å². The number of aliphatic hydroxyl groups excluding tert-OH is 1. The summed E-state index contributed by atoms with van der Waals surface area (Å²) in [6.45, 7) is 8.83. The smallest absolute Gasteiger partial charge is 0.220 e. The van der Waals surface area contributed by atoms with Crippen LogP contribution in [0.2, 0.25) is 0 Å². The Labute approximate surface area is 121 Å². The molecule has 0 saturated carbocycles. The highest BCUT2D eigenvalue weighted by Crippen LogP contribution is 2.18. The van der Waals surface area contributed by atoms with Crippen LogP contribution in [0.1, 0.15) is 43.6 Å². The van der Waals surface area contributed by atoms with E-state index in [1.165, 1.54) is 0 Å². The van der Waals surface area contributed by atoms with Gasteiger partial charge in [-0.1, -0.05) is 13.8 Å². The predicted octanol–water partition coefficient (Wildman–Crippen LogP) is 1.49. The molecule has 0 atom stereocenters. The molecule has 20 heavy (non-hydrogen) atoms. The number of nitrogens with zero attached hydrogens (tertiary/aromatic N) is 2. The van der Waals surface area contributed by atoms with Crippen LogP contribution in [0.15, 0.2) is 0 Å². The van der Waals surface area contributed by atoms with Gasteiger partial charge in [-0.15, -0.1) is 0 Å². The maximum absolute atomic E-state index is 11.9. The Morgan fingerprint density at radius 1 is 1.40 bits per heavy atom. The summed E-state index contributed by atoms with van der Waals surface area (Å²) in [6.07, 6.45) is 1.88. The third-order valence-electron chi connectivity index (χ3n) is 3.81.